The van der Waals surface area contributed by atoms with Crippen LogP contribution < -0.4 is 0 Å². The van der Waals surface area contributed by atoms with Crippen LogP contribution in [0.1, 0.15) is 226 Å². The van der Waals surface area contributed by atoms with Crippen LogP contribution in [-0.4, -0.2) is 67.8 Å². The Kier molecular flexibility index (Phi) is 41.0. The lowest BCUT2D eigenvalue weighted by atomic mass is 10.0. The molecule has 0 aliphatic carbocycles. The zero-order valence-electron chi connectivity index (χ0n) is 34.6. The molecular weight excluding hydrogens is 634 g/mol. The highest BCUT2D eigenvalue weighted by Crippen LogP contribution is 2.19. The summed E-state index contributed by atoms with van der Waals surface area (Å²) in [4.78, 5) is 26.6. The summed E-state index contributed by atoms with van der Waals surface area (Å²) >= 11 is 0. The van der Waals surface area contributed by atoms with E-state index in [9.17, 15) is 14.7 Å². The van der Waals surface area contributed by atoms with Crippen LogP contribution in [0, 0.1) is 5.92 Å². The van der Waals surface area contributed by atoms with E-state index in [1.54, 1.807) is 0 Å². The highest BCUT2D eigenvalue weighted by Gasteiger charge is 2.14. The first-order chi connectivity index (χ1) is 25.1. The maximum absolute atomic E-state index is 12.7. The van der Waals surface area contributed by atoms with Crippen molar-refractivity contribution in [3.05, 3.63) is 0 Å². The molecule has 0 aromatic heterocycles. The highest BCUT2D eigenvalue weighted by molar-refractivity contribution is 5.69. The molecule has 0 heterocycles. The van der Waals surface area contributed by atoms with Crippen molar-refractivity contribution in [3.63, 3.8) is 0 Å². The topological polar surface area (TPSA) is 76.1 Å². The molecule has 0 saturated carbocycles. The Morgan fingerprint density at radius 3 is 1.49 bits per heavy atom. The van der Waals surface area contributed by atoms with Crippen molar-refractivity contribution in [2.75, 3.05) is 39.5 Å². The second kappa shape index (κ2) is 41.8. The predicted octanol–water partition coefficient (Wildman–Crippen LogP) is 12.6. The van der Waals surface area contributed by atoms with Crippen LogP contribution in [0.3, 0.4) is 0 Å². The molecule has 0 aliphatic heterocycles. The van der Waals surface area contributed by atoms with E-state index < -0.39 is 0 Å². The van der Waals surface area contributed by atoms with Gasteiger partial charge in [0.15, 0.2) is 0 Å². The second-order valence-electron chi connectivity index (χ2n) is 15.6. The van der Waals surface area contributed by atoms with Crippen LogP contribution in [0.4, 0.5) is 0 Å². The van der Waals surface area contributed by atoms with E-state index in [-0.39, 0.29) is 24.6 Å². The van der Waals surface area contributed by atoms with E-state index in [1.165, 1.54) is 128 Å². The Morgan fingerprint density at radius 1 is 0.549 bits per heavy atom. The Hall–Kier alpha value is -0.980. The molecule has 0 amide bonds. The van der Waals surface area contributed by atoms with E-state index in [0.29, 0.717) is 19.6 Å². The third kappa shape index (κ3) is 37.1. The first-order valence-corrected chi connectivity index (χ1v) is 22.7. The van der Waals surface area contributed by atoms with Gasteiger partial charge in [0.25, 0.3) is 0 Å². The average Bonchev–Trinajstić information content (AvgIpc) is 3.13. The molecule has 0 spiro atoms. The first-order valence-electron chi connectivity index (χ1n) is 22.7. The summed E-state index contributed by atoms with van der Waals surface area (Å²) in [5.74, 6) is 0.00642. The minimum Gasteiger partial charge on any atom is -0.462 e. The van der Waals surface area contributed by atoms with Crippen molar-refractivity contribution in [2.24, 2.45) is 5.92 Å². The number of carbonyl (C=O) groups excluding carboxylic acids is 2. The number of hydrogen-bond acceptors (Lipinski definition) is 6. The number of nitrogens with zero attached hydrogens (tertiary/aromatic N) is 1. The Bertz CT molecular complexity index is 688. The Labute approximate surface area is 318 Å². The number of hydrogen-bond donors (Lipinski definition) is 1. The lowest BCUT2D eigenvalue weighted by Crippen LogP contribution is -2.29. The van der Waals surface area contributed by atoms with E-state index >= 15 is 0 Å². The molecule has 0 saturated heterocycles. The van der Waals surface area contributed by atoms with Crippen LogP contribution in [0.15, 0.2) is 0 Å². The fourth-order valence-corrected chi connectivity index (χ4v) is 7.11. The van der Waals surface area contributed by atoms with Gasteiger partial charge in [-0.2, -0.15) is 0 Å². The smallest absolute Gasteiger partial charge is 0.306 e. The third-order valence-electron chi connectivity index (χ3n) is 10.5. The van der Waals surface area contributed by atoms with Crippen LogP contribution in [-0.2, 0) is 19.1 Å². The van der Waals surface area contributed by atoms with Gasteiger partial charge in [0, 0.05) is 25.5 Å². The summed E-state index contributed by atoms with van der Waals surface area (Å²) < 4.78 is 11.9. The summed E-state index contributed by atoms with van der Waals surface area (Å²) in [6, 6.07) is 0. The summed E-state index contributed by atoms with van der Waals surface area (Å²) in [6.07, 6.45) is 39.3. The number of unbranched alkanes of at least 4 members (excludes halogenated alkanes) is 23. The van der Waals surface area contributed by atoms with Crippen molar-refractivity contribution in [2.45, 2.75) is 232 Å². The standard InChI is InChI=1S/C45H89NO5/c1-4-7-10-13-16-17-18-24-31-40-50-42-43(41-48)32-28-30-37-46(38-39-47)36-29-23-19-22-27-35-45(49)51-44(33-25-20-14-11-8-5-2)34-26-21-15-12-9-6-3/h41,43-44,47H,4-40,42H2,1-3H3. The molecule has 1 N–H and O–H groups in total. The summed E-state index contributed by atoms with van der Waals surface area (Å²) in [6.45, 7) is 11.0. The van der Waals surface area contributed by atoms with E-state index in [2.05, 4.69) is 25.7 Å². The highest BCUT2D eigenvalue weighted by atomic mass is 16.5. The minimum absolute atomic E-state index is 0.00124. The zero-order valence-corrected chi connectivity index (χ0v) is 34.6. The van der Waals surface area contributed by atoms with Crippen LogP contribution in [0.2, 0.25) is 0 Å². The number of ether oxygens (including phenoxy) is 2. The minimum atomic E-state index is -0.00124. The van der Waals surface area contributed by atoms with Gasteiger partial charge in [-0.1, -0.05) is 162 Å². The van der Waals surface area contributed by atoms with E-state index in [0.717, 1.165) is 96.6 Å². The molecule has 0 aliphatic rings. The maximum Gasteiger partial charge on any atom is 0.306 e. The fraction of sp³-hybridized carbons (Fsp3) is 0.956. The lowest BCUT2D eigenvalue weighted by Gasteiger charge is -2.21. The molecule has 1 unspecified atom stereocenters. The third-order valence-corrected chi connectivity index (χ3v) is 10.5. The average molecular weight is 724 g/mol. The van der Waals surface area contributed by atoms with Crippen LogP contribution in [0.25, 0.3) is 0 Å². The molecule has 0 fully saturated rings. The van der Waals surface area contributed by atoms with Gasteiger partial charge in [-0.3, -0.25) is 4.79 Å². The number of aldehydes is 1. The molecule has 0 rings (SSSR count). The second-order valence-corrected chi connectivity index (χ2v) is 15.6. The molecule has 304 valence electrons. The molecule has 51 heavy (non-hydrogen) atoms. The number of aliphatic hydroxyl groups excluding tert-OH is 1. The van der Waals surface area contributed by atoms with Gasteiger partial charge in [0.2, 0.25) is 0 Å². The number of carbonyl (C=O) groups is 2. The van der Waals surface area contributed by atoms with Crippen molar-refractivity contribution < 1.29 is 24.2 Å². The molecule has 6 heteroatoms. The molecular formula is C45H89NO5. The van der Waals surface area contributed by atoms with Crippen molar-refractivity contribution in [3.8, 4) is 0 Å². The first kappa shape index (κ1) is 50.0. The predicted molar refractivity (Wildman–Crippen MR) is 219 cm³/mol. The van der Waals surface area contributed by atoms with Gasteiger partial charge in [-0.25, -0.2) is 0 Å². The number of rotatable bonds is 43. The summed E-state index contributed by atoms with van der Waals surface area (Å²) in [5, 5.41) is 9.57. The van der Waals surface area contributed by atoms with E-state index in [4.69, 9.17) is 9.47 Å². The van der Waals surface area contributed by atoms with Gasteiger partial charge in [-0.05, 0) is 70.9 Å². The molecule has 1 atom stereocenters. The molecule has 6 nitrogen and oxygen atoms in total. The van der Waals surface area contributed by atoms with Crippen molar-refractivity contribution >= 4 is 12.3 Å². The monoisotopic (exact) mass is 724 g/mol. The largest absolute Gasteiger partial charge is 0.462 e. The van der Waals surface area contributed by atoms with E-state index in [1.807, 2.05) is 0 Å². The Morgan fingerprint density at radius 2 is 0.980 bits per heavy atom. The lowest BCUT2D eigenvalue weighted by molar-refractivity contribution is -0.150. The van der Waals surface area contributed by atoms with Gasteiger partial charge in [0.1, 0.15) is 12.4 Å². The van der Waals surface area contributed by atoms with Gasteiger partial charge >= 0.3 is 5.97 Å². The normalized spacial score (nSPS) is 12.3. The summed E-state index contributed by atoms with van der Waals surface area (Å²) in [7, 11) is 0. The van der Waals surface area contributed by atoms with Gasteiger partial charge in [-0.15, -0.1) is 0 Å². The maximum atomic E-state index is 12.7. The van der Waals surface area contributed by atoms with Crippen molar-refractivity contribution in [1.82, 2.24) is 4.90 Å². The summed E-state index contributed by atoms with van der Waals surface area (Å²) in [5.41, 5.74) is 0. The molecule has 0 bridgehead atoms. The quantitative estimate of drug-likeness (QED) is 0.0383. The Balaban J connectivity index is 4.04. The molecule has 0 aromatic rings. The van der Waals surface area contributed by atoms with Crippen LogP contribution >= 0.6 is 0 Å². The number of aliphatic hydroxyl groups is 1. The molecule has 0 aromatic carbocycles. The SMILES string of the molecule is CCCCCCCCCCCOCC(C=O)CCCCN(CCO)CCCCCCCC(=O)OC(CCCCCCCC)CCCCCCCC. The fourth-order valence-electron chi connectivity index (χ4n) is 7.11. The van der Waals surface area contributed by atoms with Crippen molar-refractivity contribution in [1.29, 1.82) is 0 Å². The van der Waals surface area contributed by atoms with Crippen LogP contribution in [0.5, 0.6) is 0 Å². The zero-order chi connectivity index (χ0) is 37.3. The van der Waals surface area contributed by atoms with Gasteiger partial charge in [0.05, 0.1) is 13.2 Å². The number of esters is 1. The molecule has 0 radical (unpaired) electrons. The van der Waals surface area contributed by atoms with Gasteiger partial charge < -0.3 is 24.3 Å².